The number of terminal acetylenes is 1. The van der Waals surface area contributed by atoms with Gasteiger partial charge in [-0.3, -0.25) is 4.79 Å². The fraction of sp³-hybridized carbons (Fsp3) is 0.896. The molecule has 0 saturated heterocycles. The van der Waals surface area contributed by atoms with Crippen molar-refractivity contribution in [3.63, 3.8) is 0 Å². The van der Waals surface area contributed by atoms with E-state index in [4.69, 9.17) is 22.8 Å². The lowest BCUT2D eigenvalue weighted by molar-refractivity contribution is -0.143. The van der Waals surface area contributed by atoms with Crippen LogP contribution in [0.4, 0.5) is 0 Å². The van der Waals surface area contributed by atoms with E-state index >= 15 is 0 Å². The fourth-order valence-electron chi connectivity index (χ4n) is 7.18. The van der Waals surface area contributed by atoms with Crippen LogP contribution >= 0.6 is 11.6 Å². The lowest BCUT2D eigenvalue weighted by Crippen LogP contribution is -2.28. The van der Waals surface area contributed by atoms with Gasteiger partial charge in [-0.2, -0.15) is 0 Å². The molecule has 0 spiro atoms. The van der Waals surface area contributed by atoms with Gasteiger partial charge in [0.25, 0.3) is 0 Å². The predicted molar refractivity (Wildman–Crippen MR) is 235 cm³/mol. The zero-order valence-corrected chi connectivity index (χ0v) is 36.4. The summed E-state index contributed by atoms with van der Waals surface area (Å²) in [6.07, 6.45) is 47.9. The van der Waals surface area contributed by atoms with Crippen molar-refractivity contribution in [1.82, 2.24) is 9.80 Å². The molecule has 0 bridgehead atoms. The Morgan fingerprint density at radius 3 is 1.42 bits per heavy atom. The summed E-state index contributed by atoms with van der Waals surface area (Å²) >= 11 is 6.08. The number of rotatable bonds is 42. The molecule has 53 heavy (non-hydrogen) atoms. The summed E-state index contributed by atoms with van der Waals surface area (Å²) in [6.45, 7) is 8.79. The molecule has 0 aromatic heterocycles. The molecule has 0 saturated carbocycles. The van der Waals surface area contributed by atoms with Gasteiger partial charge in [-0.25, -0.2) is 0 Å². The minimum atomic E-state index is 0.00737. The molecule has 0 aliphatic heterocycles. The lowest BCUT2D eigenvalue weighted by Gasteiger charge is -2.21. The molecule has 0 aromatic carbocycles. The molecule has 0 aromatic rings. The Balaban J connectivity index is 3.42. The SMILES string of the molecule is C#CCC#CCCCCCCCCN(CCCl)CCCCCCCCCCOC(=O)CCCCCCCCCN(C)CCCCCCCCCCCC. The Bertz CT molecular complexity index is 847. The largest absolute Gasteiger partial charge is 0.466 e. The van der Waals surface area contributed by atoms with Crippen LogP contribution in [-0.2, 0) is 9.53 Å². The predicted octanol–water partition coefficient (Wildman–Crippen LogP) is 13.9. The van der Waals surface area contributed by atoms with E-state index in [-0.39, 0.29) is 5.97 Å². The maximum absolute atomic E-state index is 12.1. The van der Waals surface area contributed by atoms with Crippen LogP contribution in [0.15, 0.2) is 0 Å². The fourth-order valence-corrected chi connectivity index (χ4v) is 7.42. The average Bonchev–Trinajstić information content (AvgIpc) is 3.15. The second kappa shape index (κ2) is 45.2. The summed E-state index contributed by atoms with van der Waals surface area (Å²) in [4.78, 5) is 17.2. The van der Waals surface area contributed by atoms with Gasteiger partial charge < -0.3 is 14.5 Å². The second-order valence-corrected chi connectivity index (χ2v) is 16.3. The van der Waals surface area contributed by atoms with Gasteiger partial charge >= 0.3 is 5.97 Å². The molecule has 0 heterocycles. The summed E-state index contributed by atoms with van der Waals surface area (Å²) in [6, 6.07) is 0. The Morgan fingerprint density at radius 2 is 0.943 bits per heavy atom. The van der Waals surface area contributed by atoms with Gasteiger partial charge in [-0.1, -0.05) is 173 Å². The van der Waals surface area contributed by atoms with Gasteiger partial charge in [0.1, 0.15) is 0 Å². The highest BCUT2D eigenvalue weighted by molar-refractivity contribution is 6.18. The first-order chi connectivity index (χ1) is 26.1. The van der Waals surface area contributed by atoms with Crippen molar-refractivity contribution < 1.29 is 9.53 Å². The topological polar surface area (TPSA) is 32.8 Å². The molecular formula is C48H89ClN2O2. The summed E-state index contributed by atoms with van der Waals surface area (Å²) in [7, 11) is 2.30. The van der Waals surface area contributed by atoms with Crippen molar-refractivity contribution in [1.29, 1.82) is 0 Å². The number of carbonyl (C=O) groups is 1. The van der Waals surface area contributed by atoms with Gasteiger partial charge in [0, 0.05) is 25.3 Å². The molecule has 0 radical (unpaired) electrons. The van der Waals surface area contributed by atoms with Crippen molar-refractivity contribution in [3.05, 3.63) is 0 Å². The van der Waals surface area contributed by atoms with Gasteiger partial charge in [-0.05, 0) is 78.2 Å². The molecule has 5 heteroatoms. The van der Waals surface area contributed by atoms with Crippen molar-refractivity contribution in [2.75, 3.05) is 52.3 Å². The molecule has 0 N–H and O–H groups in total. The van der Waals surface area contributed by atoms with E-state index < -0.39 is 0 Å². The first-order valence-corrected chi connectivity index (χ1v) is 23.7. The minimum absolute atomic E-state index is 0.00737. The van der Waals surface area contributed by atoms with Crippen LogP contribution in [0.2, 0.25) is 0 Å². The Kier molecular flexibility index (Phi) is 44.2. The third-order valence-corrected chi connectivity index (χ3v) is 10.9. The number of esters is 1. The standard InChI is InChI=1S/C48H89ClN2O2/c1-4-6-8-10-12-14-16-18-25-31-37-44-51(46-41-49)45-38-32-26-19-20-27-33-39-47-53-48(52)40-34-28-22-21-24-30-36-43-50(3)42-35-29-23-17-15-13-11-9-7-5-2/h1H,5-7,9,11-47H2,2-3H3. The first-order valence-electron chi connectivity index (χ1n) is 23.2. The number of hydrogen-bond acceptors (Lipinski definition) is 4. The number of carbonyl (C=O) groups excluding carboxylic acids is 1. The molecule has 0 aliphatic carbocycles. The van der Waals surface area contributed by atoms with E-state index in [9.17, 15) is 4.79 Å². The number of alkyl halides is 1. The third kappa shape index (κ3) is 43.4. The number of halogens is 1. The van der Waals surface area contributed by atoms with E-state index in [1.807, 2.05) is 0 Å². The summed E-state index contributed by atoms with van der Waals surface area (Å²) in [5, 5.41) is 0. The maximum Gasteiger partial charge on any atom is 0.305 e. The smallest absolute Gasteiger partial charge is 0.305 e. The Labute approximate surface area is 337 Å². The molecule has 0 atom stereocenters. The normalized spacial score (nSPS) is 11.2. The van der Waals surface area contributed by atoms with Gasteiger partial charge in [0.15, 0.2) is 0 Å². The molecule has 0 aliphatic rings. The van der Waals surface area contributed by atoms with Crippen molar-refractivity contribution in [3.8, 4) is 24.2 Å². The van der Waals surface area contributed by atoms with Crippen molar-refractivity contribution in [2.24, 2.45) is 0 Å². The van der Waals surface area contributed by atoms with Gasteiger partial charge in [0.2, 0.25) is 0 Å². The van der Waals surface area contributed by atoms with E-state index in [0.717, 1.165) is 38.1 Å². The zero-order valence-electron chi connectivity index (χ0n) is 35.7. The average molecular weight is 762 g/mol. The monoisotopic (exact) mass is 761 g/mol. The highest BCUT2D eigenvalue weighted by Gasteiger charge is 2.05. The molecule has 310 valence electrons. The third-order valence-electron chi connectivity index (χ3n) is 10.7. The van der Waals surface area contributed by atoms with Crippen LogP contribution in [0.5, 0.6) is 0 Å². The van der Waals surface area contributed by atoms with E-state index in [1.165, 1.54) is 206 Å². The van der Waals surface area contributed by atoms with Crippen LogP contribution in [-0.4, -0.2) is 68.0 Å². The zero-order chi connectivity index (χ0) is 38.6. The van der Waals surface area contributed by atoms with E-state index in [0.29, 0.717) is 19.4 Å². The van der Waals surface area contributed by atoms with E-state index in [2.05, 4.69) is 41.5 Å². The minimum Gasteiger partial charge on any atom is -0.466 e. The summed E-state index contributed by atoms with van der Waals surface area (Å²) in [5.41, 5.74) is 0. The van der Waals surface area contributed by atoms with Crippen molar-refractivity contribution in [2.45, 2.75) is 225 Å². The highest BCUT2D eigenvalue weighted by Crippen LogP contribution is 2.14. The molecule has 0 unspecified atom stereocenters. The van der Waals surface area contributed by atoms with Crippen LogP contribution < -0.4 is 0 Å². The summed E-state index contributed by atoms with van der Waals surface area (Å²) < 4.78 is 5.50. The molecule has 0 fully saturated rings. The van der Waals surface area contributed by atoms with Gasteiger partial charge in [0.05, 0.1) is 13.0 Å². The molecule has 0 amide bonds. The van der Waals surface area contributed by atoms with Crippen LogP contribution in [0, 0.1) is 24.2 Å². The lowest BCUT2D eigenvalue weighted by atomic mass is 10.1. The number of unbranched alkanes of at least 4 members (excludes halogenated alkanes) is 28. The second-order valence-electron chi connectivity index (χ2n) is 15.9. The van der Waals surface area contributed by atoms with Crippen molar-refractivity contribution >= 4 is 17.6 Å². The molecule has 4 nitrogen and oxygen atoms in total. The quantitative estimate of drug-likeness (QED) is 0.0268. The number of hydrogen-bond donors (Lipinski definition) is 0. The van der Waals surface area contributed by atoms with Crippen LogP contribution in [0.3, 0.4) is 0 Å². The maximum atomic E-state index is 12.1. The summed E-state index contributed by atoms with van der Waals surface area (Å²) in [5.74, 6) is 9.48. The van der Waals surface area contributed by atoms with E-state index in [1.54, 1.807) is 0 Å². The molecule has 0 rings (SSSR count). The van der Waals surface area contributed by atoms with Crippen LogP contribution in [0.1, 0.15) is 225 Å². The van der Waals surface area contributed by atoms with Crippen LogP contribution in [0.25, 0.3) is 0 Å². The number of nitrogens with zero attached hydrogens (tertiary/aromatic N) is 2. The molecular weight excluding hydrogens is 672 g/mol. The first kappa shape index (κ1) is 51.8. The number of ether oxygens (including phenoxy) is 1. The highest BCUT2D eigenvalue weighted by atomic mass is 35.5. The van der Waals surface area contributed by atoms with Gasteiger partial charge in [-0.15, -0.1) is 23.9 Å². The Hall–Kier alpha value is -1.20. The Morgan fingerprint density at radius 1 is 0.528 bits per heavy atom.